The molecule has 1 aromatic heterocycles. The van der Waals surface area contributed by atoms with Crippen LogP contribution in [0.25, 0.3) is 5.69 Å². The number of rotatable bonds is 2. The number of aryl methyl sites for hydroxylation is 1. The van der Waals surface area contributed by atoms with Gasteiger partial charge in [0, 0.05) is 16.9 Å². The lowest BCUT2D eigenvalue weighted by molar-refractivity contribution is -0.137. The summed E-state index contributed by atoms with van der Waals surface area (Å²) in [6.07, 6.45) is 0.987. The summed E-state index contributed by atoms with van der Waals surface area (Å²) >= 11 is 0. The van der Waals surface area contributed by atoms with E-state index < -0.39 is 11.7 Å². The third kappa shape index (κ3) is 2.46. The predicted molar refractivity (Wildman–Crippen MR) is 70.6 cm³/mol. The van der Waals surface area contributed by atoms with Crippen LogP contribution < -0.4 is 0 Å². The lowest BCUT2D eigenvalue weighted by Gasteiger charge is -2.16. The molecule has 1 heterocycles. The normalized spacial score (nSPS) is 14.8. The Bertz CT molecular complexity index is 689. The molecule has 0 bridgehead atoms. The standard InChI is InChI=1S/C15H13F3N2O/c16-15(17,18)12-7-11(6-5-10(12)8-21)20-9-19-13-3-1-2-4-14(13)20/h5-9H,1-4H2. The second kappa shape index (κ2) is 5.02. The molecule has 0 amide bonds. The van der Waals surface area contributed by atoms with Crippen molar-refractivity contribution in [2.45, 2.75) is 31.9 Å². The van der Waals surface area contributed by atoms with Crippen LogP contribution in [0.5, 0.6) is 0 Å². The van der Waals surface area contributed by atoms with Gasteiger partial charge in [0.15, 0.2) is 6.29 Å². The van der Waals surface area contributed by atoms with E-state index in [9.17, 15) is 18.0 Å². The fourth-order valence-electron chi connectivity index (χ4n) is 2.73. The lowest BCUT2D eigenvalue weighted by Crippen LogP contribution is -2.11. The summed E-state index contributed by atoms with van der Waals surface area (Å²) in [5, 5.41) is 0. The smallest absolute Gasteiger partial charge is 0.303 e. The fourth-order valence-corrected chi connectivity index (χ4v) is 2.73. The van der Waals surface area contributed by atoms with Gasteiger partial charge < -0.3 is 4.57 Å². The second-order valence-electron chi connectivity index (χ2n) is 5.10. The Hall–Kier alpha value is -2.11. The number of halogens is 3. The first-order valence-electron chi connectivity index (χ1n) is 6.72. The zero-order chi connectivity index (χ0) is 15.0. The van der Waals surface area contributed by atoms with E-state index in [1.807, 2.05) is 0 Å². The Morgan fingerprint density at radius 1 is 1.19 bits per heavy atom. The summed E-state index contributed by atoms with van der Waals surface area (Å²) in [6, 6.07) is 3.75. The molecule has 110 valence electrons. The number of aldehydes is 1. The van der Waals surface area contributed by atoms with Crippen molar-refractivity contribution in [3.05, 3.63) is 47.0 Å². The third-order valence-electron chi connectivity index (χ3n) is 3.78. The van der Waals surface area contributed by atoms with Gasteiger partial charge in [-0.25, -0.2) is 4.98 Å². The molecule has 1 aromatic carbocycles. The van der Waals surface area contributed by atoms with Crippen molar-refractivity contribution >= 4 is 6.29 Å². The molecule has 0 N–H and O–H groups in total. The molecule has 3 rings (SSSR count). The molecule has 2 aromatic rings. The molecule has 6 heteroatoms. The Morgan fingerprint density at radius 3 is 2.67 bits per heavy atom. The summed E-state index contributed by atoms with van der Waals surface area (Å²) in [6.45, 7) is 0. The van der Waals surface area contributed by atoms with Gasteiger partial charge in [0.25, 0.3) is 0 Å². The number of alkyl halides is 3. The highest BCUT2D eigenvalue weighted by molar-refractivity contribution is 5.78. The van der Waals surface area contributed by atoms with Crippen molar-refractivity contribution in [2.24, 2.45) is 0 Å². The van der Waals surface area contributed by atoms with Crippen molar-refractivity contribution in [3.8, 4) is 5.69 Å². The Morgan fingerprint density at radius 2 is 1.95 bits per heavy atom. The van der Waals surface area contributed by atoms with E-state index in [0.717, 1.165) is 43.1 Å². The zero-order valence-corrected chi connectivity index (χ0v) is 11.2. The first kappa shape index (κ1) is 13.9. The Labute approximate surface area is 119 Å². The molecule has 1 aliphatic rings. The van der Waals surface area contributed by atoms with Crippen molar-refractivity contribution in [1.29, 1.82) is 0 Å². The third-order valence-corrected chi connectivity index (χ3v) is 3.78. The van der Waals surface area contributed by atoms with Crippen LogP contribution in [0.2, 0.25) is 0 Å². The van der Waals surface area contributed by atoms with Crippen LogP contribution >= 0.6 is 0 Å². The van der Waals surface area contributed by atoms with Crippen LogP contribution in [0.3, 0.4) is 0 Å². The summed E-state index contributed by atoms with van der Waals surface area (Å²) in [5.74, 6) is 0. The number of carbonyl (C=O) groups is 1. The van der Waals surface area contributed by atoms with E-state index in [4.69, 9.17) is 0 Å². The molecule has 0 atom stereocenters. The lowest BCUT2D eigenvalue weighted by atomic mass is 10.0. The molecule has 0 unspecified atom stereocenters. The minimum atomic E-state index is -4.55. The van der Waals surface area contributed by atoms with E-state index >= 15 is 0 Å². The van der Waals surface area contributed by atoms with Gasteiger partial charge in [-0.2, -0.15) is 13.2 Å². The van der Waals surface area contributed by atoms with Crippen LogP contribution in [0.4, 0.5) is 13.2 Å². The first-order valence-corrected chi connectivity index (χ1v) is 6.72. The largest absolute Gasteiger partial charge is 0.417 e. The van der Waals surface area contributed by atoms with E-state index in [-0.39, 0.29) is 11.8 Å². The monoisotopic (exact) mass is 294 g/mol. The maximum absolute atomic E-state index is 13.0. The molecular weight excluding hydrogens is 281 g/mol. The average molecular weight is 294 g/mol. The second-order valence-corrected chi connectivity index (χ2v) is 5.10. The number of carbonyl (C=O) groups excluding carboxylic acids is 1. The van der Waals surface area contributed by atoms with Gasteiger partial charge in [-0.15, -0.1) is 0 Å². The SMILES string of the molecule is O=Cc1ccc(-n2cnc3c2CCCC3)cc1C(F)(F)F. The highest BCUT2D eigenvalue weighted by Crippen LogP contribution is 2.33. The van der Waals surface area contributed by atoms with E-state index in [0.29, 0.717) is 5.69 Å². The van der Waals surface area contributed by atoms with Crippen LogP contribution in [-0.2, 0) is 19.0 Å². The quantitative estimate of drug-likeness (QED) is 0.793. The minimum absolute atomic E-state index is 0.232. The number of imidazole rings is 1. The van der Waals surface area contributed by atoms with Gasteiger partial charge in [-0.1, -0.05) is 0 Å². The van der Waals surface area contributed by atoms with Crippen molar-refractivity contribution in [2.75, 3.05) is 0 Å². The molecule has 0 radical (unpaired) electrons. The maximum atomic E-state index is 13.0. The molecule has 3 nitrogen and oxygen atoms in total. The Balaban J connectivity index is 2.11. The number of nitrogens with zero attached hydrogens (tertiary/aromatic N) is 2. The van der Waals surface area contributed by atoms with E-state index in [1.54, 1.807) is 10.9 Å². The number of fused-ring (bicyclic) bond motifs is 1. The molecule has 0 fully saturated rings. The molecule has 21 heavy (non-hydrogen) atoms. The summed E-state index contributed by atoms with van der Waals surface area (Å²) in [5.41, 5.74) is 1.06. The average Bonchev–Trinajstić information content (AvgIpc) is 2.89. The molecule has 1 aliphatic carbocycles. The minimum Gasteiger partial charge on any atom is -0.303 e. The van der Waals surface area contributed by atoms with Gasteiger partial charge >= 0.3 is 6.18 Å². The summed E-state index contributed by atoms with van der Waals surface area (Å²) in [7, 11) is 0. The zero-order valence-electron chi connectivity index (χ0n) is 11.2. The number of benzene rings is 1. The summed E-state index contributed by atoms with van der Waals surface area (Å²) in [4.78, 5) is 15.1. The number of hydrogen-bond acceptors (Lipinski definition) is 2. The number of aromatic nitrogens is 2. The van der Waals surface area contributed by atoms with Crippen LogP contribution in [0.1, 0.15) is 40.2 Å². The molecule has 0 saturated carbocycles. The van der Waals surface area contributed by atoms with E-state index in [2.05, 4.69) is 4.98 Å². The Kier molecular flexibility index (Phi) is 3.31. The molecule has 0 aliphatic heterocycles. The van der Waals surface area contributed by atoms with Crippen LogP contribution in [0.15, 0.2) is 24.5 Å². The number of hydrogen-bond donors (Lipinski definition) is 0. The first-order chi connectivity index (χ1) is 10.0. The molecule has 0 spiro atoms. The van der Waals surface area contributed by atoms with E-state index in [1.165, 1.54) is 12.1 Å². The summed E-state index contributed by atoms with van der Waals surface area (Å²) < 4.78 is 40.7. The topological polar surface area (TPSA) is 34.9 Å². The fraction of sp³-hybridized carbons (Fsp3) is 0.333. The maximum Gasteiger partial charge on any atom is 0.417 e. The van der Waals surface area contributed by atoms with Crippen LogP contribution in [-0.4, -0.2) is 15.8 Å². The highest BCUT2D eigenvalue weighted by Gasteiger charge is 2.34. The van der Waals surface area contributed by atoms with Gasteiger partial charge in [0.2, 0.25) is 0 Å². The van der Waals surface area contributed by atoms with Gasteiger partial charge in [-0.05, 0) is 43.9 Å². The van der Waals surface area contributed by atoms with Crippen LogP contribution in [0, 0.1) is 0 Å². The van der Waals surface area contributed by atoms with Gasteiger partial charge in [0.05, 0.1) is 17.6 Å². The predicted octanol–water partition coefficient (Wildman–Crippen LogP) is 3.58. The van der Waals surface area contributed by atoms with Crippen molar-refractivity contribution in [1.82, 2.24) is 9.55 Å². The highest BCUT2D eigenvalue weighted by atomic mass is 19.4. The molecular formula is C15H13F3N2O. The van der Waals surface area contributed by atoms with Gasteiger partial charge in [0.1, 0.15) is 0 Å². The van der Waals surface area contributed by atoms with Crippen molar-refractivity contribution < 1.29 is 18.0 Å². The van der Waals surface area contributed by atoms with Gasteiger partial charge in [-0.3, -0.25) is 4.79 Å². The molecule has 0 saturated heterocycles. The van der Waals surface area contributed by atoms with Crippen molar-refractivity contribution in [3.63, 3.8) is 0 Å².